The second kappa shape index (κ2) is 10.6. The number of hydrogen-bond acceptors (Lipinski definition) is 6. The number of allylic oxidation sites excluding steroid dienone is 1. The molecule has 5 atom stereocenters. The number of hydrogen-bond donors (Lipinski definition) is 2. The molecule has 3 rings (SSSR count). The number of aliphatic hydroxyl groups excluding tert-OH is 1. The van der Waals surface area contributed by atoms with Gasteiger partial charge < -0.3 is 24.8 Å². The summed E-state index contributed by atoms with van der Waals surface area (Å²) in [5.41, 5.74) is 0.595. The van der Waals surface area contributed by atoms with Crippen LogP contribution in [0.5, 0.6) is 5.75 Å². The summed E-state index contributed by atoms with van der Waals surface area (Å²) in [6, 6.07) is 6.23. The highest BCUT2D eigenvalue weighted by molar-refractivity contribution is 6.01. The van der Waals surface area contributed by atoms with Gasteiger partial charge in [0.15, 0.2) is 0 Å². The van der Waals surface area contributed by atoms with Crippen LogP contribution in [-0.4, -0.2) is 60.7 Å². The molecule has 0 spiro atoms. The number of nitrogens with zero attached hydrogens (tertiary/aromatic N) is 1. The van der Waals surface area contributed by atoms with Gasteiger partial charge in [-0.3, -0.25) is 14.4 Å². The van der Waals surface area contributed by atoms with Crippen LogP contribution in [-0.2, 0) is 19.1 Å². The molecule has 2 amide bonds. The number of carbonyl (C=O) groups is 3. The zero-order valence-corrected chi connectivity index (χ0v) is 18.8. The minimum Gasteiger partial charge on any atom is -0.497 e. The number of rotatable bonds is 9. The molecule has 0 bridgehead atoms. The molecule has 1 fully saturated rings. The van der Waals surface area contributed by atoms with Crippen LogP contribution in [0.15, 0.2) is 36.4 Å². The number of ether oxygens (including phenoxy) is 2. The summed E-state index contributed by atoms with van der Waals surface area (Å²) in [6.45, 7) is 4.22. The highest BCUT2D eigenvalue weighted by Gasteiger charge is 2.56. The third kappa shape index (κ3) is 4.80. The van der Waals surface area contributed by atoms with Gasteiger partial charge in [0.25, 0.3) is 0 Å². The van der Waals surface area contributed by atoms with E-state index in [2.05, 4.69) is 5.32 Å². The molecule has 8 heteroatoms. The highest BCUT2D eigenvalue weighted by Crippen LogP contribution is 2.44. The smallest absolute Gasteiger partial charge is 0.310 e. The first kappa shape index (κ1) is 23.8. The van der Waals surface area contributed by atoms with E-state index in [1.165, 1.54) is 0 Å². The summed E-state index contributed by atoms with van der Waals surface area (Å²) >= 11 is 0. The number of amides is 2. The number of aliphatic hydroxyl groups is 1. The van der Waals surface area contributed by atoms with Crippen molar-refractivity contribution in [1.29, 1.82) is 0 Å². The largest absolute Gasteiger partial charge is 0.497 e. The van der Waals surface area contributed by atoms with E-state index in [9.17, 15) is 14.4 Å². The van der Waals surface area contributed by atoms with Gasteiger partial charge in [-0.15, -0.1) is 0 Å². The summed E-state index contributed by atoms with van der Waals surface area (Å²) in [4.78, 5) is 41.1. The number of nitrogens with one attached hydrogen (secondary N) is 1. The summed E-state index contributed by atoms with van der Waals surface area (Å²) in [5, 5.41) is 12.1. The quantitative estimate of drug-likeness (QED) is 0.344. The Labute approximate surface area is 188 Å². The molecule has 1 aliphatic carbocycles. The van der Waals surface area contributed by atoms with E-state index in [1.807, 2.05) is 19.1 Å². The number of unbranched alkanes of at least 4 members (excludes halogenated alkanes) is 1. The van der Waals surface area contributed by atoms with Crippen LogP contribution < -0.4 is 10.1 Å². The maximum Gasteiger partial charge on any atom is 0.310 e. The Morgan fingerprint density at radius 1 is 1.16 bits per heavy atom. The van der Waals surface area contributed by atoms with E-state index < -0.39 is 29.8 Å². The number of carbonyl (C=O) groups excluding carboxylic acids is 3. The zero-order chi connectivity index (χ0) is 23.3. The van der Waals surface area contributed by atoms with E-state index in [4.69, 9.17) is 14.6 Å². The van der Waals surface area contributed by atoms with Crippen molar-refractivity contribution < 1.29 is 29.0 Å². The molecule has 32 heavy (non-hydrogen) atoms. The minimum absolute atomic E-state index is 0.0139. The number of esters is 1. The van der Waals surface area contributed by atoms with E-state index in [0.717, 1.165) is 0 Å². The first-order valence-corrected chi connectivity index (χ1v) is 11.1. The first-order valence-electron chi connectivity index (χ1n) is 11.1. The third-order valence-corrected chi connectivity index (χ3v) is 6.27. The maximum atomic E-state index is 13.5. The SMILES string of the molecule is CCOC(=O)[C@H]1[C@@H]2C(=O)N(CCCCO)[C@H](C(=O)Nc3ccc(OC)cc3)[C@H]2C=C[C@H]1C. The monoisotopic (exact) mass is 444 g/mol. The molecule has 2 aliphatic rings. The molecule has 2 N–H and O–H groups in total. The van der Waals surface area contributed by atoms with Crippen molar-refractivity contribution in [2.45, 2.75) is 32.7 Å². The Morgan fingerprint density at radius 2 is 1.88 bits per heavy atom. The Kier molecular flexibility index (Phi) is 7.90. The highest BCUT2D eigenvalue weighted by atomic mass is 16.5. The predicted molar refractivity (Wildman–Crippen MR) is 119 cm³/mol. The maximum absolute atomic E-state index is 13.5. The van der Waals surface area contributed by atoms with E-state index in [-0.39, 0.29) is 30.9 Å². The summed E-state index contributed by atoms with van der Waals surface area (Å²) < 4.78 is 10.4. The number of anilines is 1. The number of fused-ring (bicyclic) bond motifs is 1. The standard InChI is InChI=1S/C24H32N2O6/c1-4-32-24(30)19-15(2)7-12-18-20(19)23(29)26(13-5-6-14-27)21(18)22(28)25-16-8-10-17(31-3)11-9-16/h7-12,15,18-21,27H,4-6,13-14H2,1-3H3,(H,25,28)/t15-,18+,19-,20-,21+/m1/s1. The summed E-state index contributed by atoms with van der Waals surface area (Å²) in [6.07, 6.45) is 4.89. The number of benzene rings is 1. The molecule has 0 radical (unpaired) electrons. The van der Waals surface area contributed by atoms with Crippen LogP contribution in [0.1, 0.15) is 26.7 Å². The molecule has 1 saturated heterocycles. The normalized spacial score (nSPS) is 26.6. The Hall–Kier alpha value is -2.87. The van der Waals surface area contributed by atoms with Crippen LogP contribution >= 0.6 is 0 Å². The topological polar surface area (TPSA) is 105 Å². The molecule has 1 heterocycles. The average Bonchev–Trinajstić information content (AvgIpc) is 3.06. The molecule has 0 aromatic heterocycles. The van der Waals surface area contributed by atoms with Crippen molar-refractivity contribution in [1.82, 2.24) is 4.90 Å². The van der Waals surface area contributed by atoms with E-state index in [1.54, 1.807) is 43.2 Å². The Morgan fingerprint density at radius 3 is 2.50 bits per heavy atom. The van der Waals surface area contributed by atoms with Crippen molar-refractivity contribution in [3.05, 3.63) is 36.4 Å². The third-order valence-electron chi connectivity index (χ3n) is 6.27. The van der Waals surface area contributed by atoms with Crippen LogP contribution in [0.4, 0.5) is 5.69 Å². The summed E-state index contributed by atoms with van der Waals surface area (Å²) in [5.74, 6) is -2.11. The molecule has 174 valence electrons. The van der Waals surface area contributed by atoms with Gasteiger partial charge in [0.1, 0.15) is 11.8 Å². The second-order valence-corrected chi connectivity index (χ2v) is 8.25. The van der Waals surface area contributed by atoms with Crippen molar-refractivity contribution in [2.75, 3.05) is 32.2 Å². The average molecular weight is 445 g/mol. The second-order valence-electron chi connectivity index (χ2n) is 8.25. The molecule has 1 aromatic rings. The van der Waals surface area contributed by atoms with Gasteiger partial charge in [0.05, 0.1) is 25.6 Å². The van der Waals surface area contributed by atoms with Crippen LogP contribution in [0.2, 0.25) is 0 Å². The van der Waals surface area contributed by atoms with Gasteiger partial charge in [0.2, 0.25) is 11.8 Å². The molecule has 1 aromatic carbocycles. The predicted octanol–water partition coefficient (Wildman–Crippen LogP) is 2.23. The fraction of sp³-hybridized carbons (Fsp3) is 0.542. The number of methoxy groups -OCH3 is 1. The summed E-state index contributed by atoms with van der Waals surface area (Å²) in [7, 11) is 1.57. The lowest BCUT2D eigenvalue weighted by atomic mass is 9.70. The Bertz CT molecular complexity index is 853. The van der Waals surface area contributed by atoms with Gasteiger partial charge in [0, 0.05) is 24.8 Å². The van der Waals surface area contributed by atoms with Gasteiger partial charge in [-0.05, 0) is 49.9 Å². The lowest BCUT2D eigenvalue weighted by Crippen LogP contribution is -2.44. The lowest BCUT2D eigenvalue weighted by molar-refractivity contribution is -0.155. The van der Waals surface area contributed by atoms with E-state index in [0.29, 0.717) is 30.8 Å². The van der Waals surface area contributed by atoms with Gasteiger partial charge in [-0.2, -0.15) is 0 Å². The fourth-order valence-electron chi connectivity index (χ4n) is 4.72. The molecule has 1 aliphatic heterocycles. The lowest BCUT2D eigenvalue weighted by Gasteiger charge is -2.32. The van der Waals surface area contributed by atoms with Crippen LogP contribution in [0.3, 0.4) is 0 Å². The van der Waals surface area contributed by atoms with Crippen molar-refractivity contribution >= 4 is 23.5 Å². The fourth-order valence-corrected chi connectivity index (χ4v) is 4.72. The molecular formula is C24H32N2O6. The number of likely N-dealkylation sites (tertiary alicyclic amines) is 1. The zero-order valence-electron chi connectivity index (χ0n) is 18.8. The van der Waals surface area contributed by atoms with Crippen molar-refractivity contribution in [3.63, 3.8) is 0 Å². The molecule has 0 saturated carbocycles. The van der Waals surface area contributed by atoms with Gasteiger partial charge >= 0.3 is 5.97 Å². The van der Waals surface area contributed by atoms with Gasteiger partial charge in [-0.1, -0.05) is 19.1 Å². The molecule has 8 nitrogen and oxygen atoms in total. The van der Waals surface area contributed by atoms with Crippen LogP contribution in [0, 0.1) is 23.7 Å². The van der Waals surface area contributed by atoms with Gasteiger partial charge in [-0.25, -0.2) is 0 Å². The van der Waals surface area contributed by atoms with Crippen molar-refractivity contribution in [2.24, 2.45) is 23.7 Å². The molecular weight excluding hydrogens is 412 g/mol. The van der Waals surface area contributed by atoms with Crippen LogP contribution in [0.25, 0.3) is 0 Å². The Balaban J connectivity index is 1.89. The first-order chi connectivity index (χ1) is 15.4. The molecule has 0 unspecified atom stereocenters. The van der Waals surface area contributed by atoms with E-state index >= 15 is 0 Å². The van der Waals surface area contributed by atoms with Crippen molar-refractivity contribution in [3.8, 4) is 5.75 Å². The minimum atomic E-state index is -0.742.